The van der Waals surface area contributed by atoms with Crippen molar-refractivity contribution in [1.82, 2.24) is 0 Å². The summed E-state index contributed by atoms with van der Waals surface area (Å²) < 4.78 is 6.75. The molecule has 0 amide bonds. The summed E-state index contributed by atoms with van der Waals surface area (Å²) in [6, 6.07) is 16.0. The van der Waals surface area contributed by atoms with E-state index in [4.69, 9.17) is 4.74 Å². The standard InChI is InChI=1S/C18H20BrNO/c1-2-3-4-13-21-18-11-5-15(6-12-18)14-20-17-9-7-16(19)8-10-17/h5-12,14H,2-4,13H2,1H3. The van der Waals surface area contributed by atoms with Crippen LogP contribution >= 0.6 is 15.9 Å². The fraction of sp³-hybridized carbons (Fsp3) is 0.278. The first-order valence-corrected chi connectivity index (χ1v) is 8.10. The molecular weight excluding hydrogens is 326 g/mol. The third kappa shape index (κ3) is 5.72. The van der Waals surface area contributed by atoms with Crippen molar-refractivity contribution in [3.63, 3.8) is 0 Å². The predicted molar refractivity (Wildman–Crippen MR) is 92.9 cm³/mol. The van der Waals surface area contributed by atoms with Gasteiger partial charge in [0.2, 0.25) is 0 Å². The lowest BCUT2D eigenvalue weighted by atomic mass is 10.2. The highest BCUT2D eigenvalue weighted by Gasteiger charge is 1.94. The average Bonchev–Trinajstić information content (AvgIpc) is 2.52. The first-order chi connectivity index (χ1) is 10.3. The summed E-state index contributed by atoms with van der Waals surface area (Å²) >= 11 is 3.41. The Morgan fingerprint density at radius 1 is 1.00 bits per heavy atom. The van der Waals surface area contributed by atoms with Crippen LogP contribution in [0.1, 0.15) is 31.7 Å². The van der Waals surface area contributed by atoms with Gasteiger partial charge >= 0.3 is 0 Å². The Balaban J connectivity index is 1.88. The zero-order chi connectivity index (χ0) is 14.9. The highest BCUT2D eigenvalue weighted by molar-refractivity contribution is 9.10. The van der Waals surface area contributed by atoms with Crippen LogP contribution in [0.5, 0.6) is 5.75 Å². The molecule has 0 unspecified atom stereocenters. The van der Waals surface area contributed by atoms with Crippen LogP contribution in [0.15, 0.2) is 58.0 Å². The third-order valence-electron chi connectivity index (χ3n) is 3.09. The van der Waals surface area contributed by atoms with Gasteiger partial charge in [-0.05, 0) is 60.5 Å². The Morgan fingerprint density at radius 2 is 1.71 bits per heavy atom. The van der Waals surface area contributed by atoms with Gasteiger partial charge < -0.3 is 4.74 Å². The average molecular weight is 346 g/mol. The van der Waals surface area contributed by atoms with Gasteiger partial charge in [0.05, 0.1) is 12.3 Å². The lowest BCUT2D eigenvalue weighted by molar-refractivity contribution is 0.306. The summed E-state index contributed by atoms with van der Waals surface area (Å²) in [5.74, 6) is 0.923. The second-order valence-corrected chi connectivity index (χ2v) is 5.77. The highest BCUT2D eigenvalue weighted by Crippen LogP contribution is 2.17. The Bertz CT molecular complexity index is 561. The van der Waals surface area contributed by atoms with Crippen molar-refractivity contribution in [3.05, 3.63) is 58.6 Å². The maximum atomic E-state index is 5.69. The Morgan fingerprint density at radius 3 is 2.38 bits per heavy atom. The smallest absolute Gasteiger partial charge is 0.119 e. The summed E-state index contributed by atoms with van der Waals surface area (Å²) in [6.45, 7) is 2.99. The Hall–Kier alpha value is -1.61. The fourth-order valence-corrected chi connectivity index (χ4v) is 2.13. The van der Waals surface area contributed by atoms with Gasteiger partial charge in [-0.2, -0.15) is 0 Å². The van der Waals surface area contributed by atoms with Crippen LogP contribution in [0.25, 0.3) is 0 Å². The molecule has 0 aliphatic rings. The quantitative estimate of drug-likeness (QED) is 0.461. The van der Waals surface area contributed by atoms with E-state index < -0.39 is 0 Å². The largest absolute Gasteiger partial charge is 0.494 e. The van der Waals surface area contributed by atoms with Gasteiger partial charge in [-0.15, -0.1) is 0 Å². The summed E-state index contributed by atoms with van der Waals surface area (Å²) in [4.78, 5) is 4.45. The van der Waals surface area contributed by atoms with E-state index >= 15 is 0 Å². The third-order valence-corrected chi connectivity index (χ3v) is 3.61. The number of unbranched alkanes of at least 4 members (excludes halogenated alkanes) is 2. The Labute approximate surface area is 135 Å². The summed E-state index contributed by atoms with van der Waals surface area (Å²) in [5, 5.41) is 0. The van der Waals surface area contributed by atoms with Crippen molar-refractivity contribution in [2.24, 2.45) is 4.99 Å². The lowest BCUT2D eigenvalue weighted by Crippen LogP contribution is -1.96. The summed E-state index contributed by atoms with van der Waals surface area (Å²) in [7, 11) is 0. The van der Waals surface area contributed by atoms with Crippen molar-refractivity contribution in [1.29, 1.82) is 0 Å². The van der Waals surface area contributed by atoms with Crippen molar-refractivity contribution in [2.45, 2.75) is 26.2 Å². The minimum atomic E-state index is 0.792. The number of hydrogen-bond donors (Lipinski definition) is 0. The second-order valence-electron chi connectivity index (χ2n) is 4.86. The fourth-order valence-electron chi connectivity index (χ4n) is 1.87. The predicted octanol–water partition coefficient (Wildman–Crippen LogP) is 5.77. The van der Waals surface area contributed by atoms with Gasteiger partial charge in [-0.1, -0.05) is 35.7 Å². The molecule has 0 saturated carbocycles. The number of halogens is 1. The zero-order valence-corrected chi connectivity index (χ0v) is 13.8. The first-order valence-electron chi connectivity index (χ1n) is 7.30. The zero-order valence-electron chi connectivity index (χ0n) is 12.3. The van der Waals surface area contributed by atoms with E-state index in [1.54, 1.807) is 0 Å². The van der Waals surface area contributed by atoms with E-state index in [0.29, 0.717) is 0 Å². The van der Waals surface area contributed by atoms with Crippen LogP contribution in [0.4, 0.5) is 5.69 Å². The van der Waals surface area contributed by atoms with Crippen LogP contribution in [-0.2, 0) is 0 Å². The molecule has 0 spiro atoms. The van der Waals surface area contributed by atoms with Gasteiger partial charge in [-0.25, -0.2) is 0 Å². The molecule has 3 heteroatoms. The number of nitrogens with zero attached hydrogens (tertiary/aromatic N) is 1. The van der Waals surface area contributed by atoms with E-state index in [2.05, 4.69) is 27.8 Å². The molecule has 0 aliphatic heterocycles. The molecule has 0 N–H and O–H groups in total. The molecule has 0 fully saturated rings. The van der Waals surface area contributed by atoms with Crippen LogP contribution in [0.3, 0.4) is 0 Å². The van der Waals surface area contributed by atoms with Crippen molar-refractivity contribution in [2.75, 3.05) is 6.61 Å². The second kappa shape index (κ2) is 8.63. The van der Waals surface area contributed by atoms with Crippen molar-refractivity contribution < 1.29 is 4.74 Å². The number of hydrogen-bond acceptors (Lipinski definition) is 2. The summed E-state index contributed by atoms with van der Waals surface area (Å²) in [5.41, 5.74) is 2.01. The van der Waals surface area contributed by atoms with Crippen LogP contribution in [0, 0.1) is 0 Å². The van der Waals surface area contributed by atoms with Crippen LogP contribution in [-0.4, -0.2) is 12.8 Å². The number of rotatable bonds is 7. The molecule has 2 rings (SSSR count). The lowest BCUT2D eigenvalue weighted by Gasteiger charge is -2.05. The van der Waals surface area contributed by atoms with E-state index in [1.807, 2.05) is 54.7 Å². The monoisotopic (exact) mass is 345 g/mol. The van der Waals surface area contributed by atoms with E-state index in [9.17, 15) is 0 Å². The van der Waals surface area contributed by atoms with Crippen molar-refractivity contribution >= 4 is 27.8 Å². The minimum Gasteiger partial charge on any atom is -0.494 e. The molecular formula is C18H20BrNO. The maximum Gasteiger partial charge on any atom is 0.119 e. The van der Waals surface area contributed by atoms with Gasteiger partial charge in [-0.3, -0.25) is 4.99 Å². The molecule has 2 nitrogen and oxygen atoms in total. The molecule has 0 bridgehead atoms. The van der Waals surface area contributed by atoms with Gasteiger partial charge in [0.15, 0.2) is 0 Å². The molecule has 2 aromatic carbocycles. The minimum absolute atomic E-state index is 0.792. The molecule has 0 radical (unpaired) electrons. The Kier molecular flexibility index (Phi) is 6.48. The molecule has 2 aromatic rings. The molecule has 110 valence electrons. The molecule has 0 heterocycles. The van der Waals surface area contributed by atoms with Gasteiger partial charge in [0.25, 0.3) is 0 Å². The highest BCUT2D eigenvalue weighted by atomic mass is 79.9. The number of ether oxygens (including phenoxy) is 1. The van der Waals surface area contributed by atoms with Gasteiger partial charge in [0.1, 0.15) is 5.75 Å². The SMILES string of the molecule is CCCCCOc1ccc(C=Nc2ccc(Br)cc2)cc1. The van der Waals surface area contributed by atoms with E-state index in [-0.39, 0.29) is 0 Å². The van der Waals surface area contributed by atoms with Crippen LogP contribution < -0.4 is 4.74 Å². The number of benzene rings is 2. The van der Waals surface area contributed by atoms with E-state index in [1.165, 1.54) is 12.8 Å². The maximum absolute atomic E-state index is 5.69. The topological polar surface area (TPSA) is 21.6 Å². The molecule has 0 aromatic heterocycles. The first kappa shape index (κ1) is 15.8. The molecule has 0 saturated heterocycles. The van der Waals surface area contributed by atoms with Gasteiger partial charge in [0, 0.05) is 10.7 Å². The molecule has 21 heavy (non-hydrogen) atoms. The molecule has 0 atom stereocenters. The normalized spacial score (nSPS) is 11.0. The van der Waals surface area contributed by atoms with Crippen molar-refractivity contribution in [3.8, 4) is 5.75 Å². The van der Waals surface area contributed by atoms with Crippen LogP contribution in [0.2, 0.25) is 0 Å². The summed E-state index contributed by atoms with van der Waals surface area (Å²) in [6.07, 6.45) is 5.42. The number of aliphatic imine (C=N–C) groups is 1. The van der Waals surface area contributed by atoms with E-state index in [0.717, 1.165) is 34.5 Å². The molecule has 0 aliphatic carbocycles.